The number of aliphatic carboxylic acids is 1. The minimum Gasteiger partial charge on any atom is -0.481 e. The Labute approximate surface area is 146 Å². The van der Waals surface area contributed by atoms with Crippen LogP contribution in [0.3, 0.4) is 0 Å². The first kappa shape index (κ1) is 16.8. The number of halogens is 1. The van der Waals surface area contributed by atoms with Gasteiger partial charge in [-0.25, -0.2) is 9.37 Å². The van der Waals surface area contributed by atoms with E-state index < -0.39 is 11.8 Å². The van der Waals surface area contributed by atoms with Crippen LogP contribution >= 0.6 is 11.3 Å². The van der Waals surface area contributed by atoms with Crippen LogP contribution < -0.4 is 5.32 Å². The number of carbonyl (C=O) groups excluding carboxylic acids is 1. The third-order valence-corrected chi connectivity index (χ3v) is 4.35. The molecule has 0 aliphatic heterocycles. The number of carboxylic acid groups (broad SMARTS) is 1. The number of anilines is 1. The number of thiazole rings is 1. The van der Waals surface area contributed by atoms with Crippen LogP contribution in [0.5, 0.6) is 0 Å². The van der Waals surface area contributed by atoms with E-state index in [9.17, 15) is 14.0 Å². The number of nitrogens with one attached hydrogen (secondary N) is 1. The Kier molecular flexibility index (Phi) is 4.85. The molecule has 25 heavy (non-hydrogen) atoms. The lowest BCUT2D eigenvalue weighted by Crippen LogP contribution is -2.11. The van der Waals surface area contributed by atoms with Crippen molar-refractivity contribution < 1.29 is 19.1 Å². The van der Waals surface area contributed by atoms with E-state index in [0.29, 0.717) is 26.8 Å². The summed E-state index contributed by atoms with van der Waals surface area (Å²) in [6, 6.07) is 14.2. The van der Waals surface area contributed by atoms with Gasteiger partial charge >= 0.3 is 5.97 Å². The molecule has 0 unspecified atom stereocenters. The van der Waals surface area contributed by atoms with E-state index in [4.69, 9.17) is 5.11 Å². The van der Waals surface area contributed by atoms with Gasteiger partial charge in [0, 0.05) is 16.0 Å². The molecule has 1 aromatic heterocycles. The third kappa shape index (κ3) is 4.07. The van der Waals surface area contributed by atoms with Crippen molar-refractivity contribution in [3.63, 3.8) is 0 Å². The van der Waals surface area contributed by atoms with Crippen molar-refractivity contribution in [2.75, 3.05) is 5.32 Å². The molecule has 2 N–H and O–H groups in total. The minimum absolute atomic E-state index is 0.231. The van der Waals surface area contributed by atoms with Gasteiger partial charge in [-0.1, -0.05) is 18.2 Å². The van der Waals surface area contributed by atoms with Gasteiger partial charge in [0.05, 0.1) is 12.1 Å². The number of hydrogen-bond donors (Lipinski definition) is 2. The van der Waals surface area contributed by atoms with Crippen molar-refractivity contribution in [2.45, 2.75) is 6.42 Å². The van der Waals surface area contributed by atoms with E-state index in [1.165, 1.54) is 24.3 Å². The van der Waals surface area contributed by atoms with Gasteiger partial charge in [-0.3, -0.25) is 14.9 Å². The largest absolute Gasteiger partial charge is 0.481 e. The van der Waals surface area contributed by atoms with Crippen molar-refractivity contribution in [3.05, 3.63) is 70.9 Å². The molecule has 1 amide bonds. The van der Waals surface area contributed by atoms with Gasteiger partial charge in [0.1, 0.15) is 5.82 Å². The Bertz CT molecular complexity index is 908. The molecule has 7 heteroatoms. The van der Waals surface area contributed by atoms with Gasteiger partial charge < -0.3 is 5.11 Å². The number of carbonyl (C=O) groups is 2. The van der Waals surface area contributed by atoms with E-state index in [-0.39, 0.29) is 12.3 Å². The van der Waals surface area contributed by atoms with Crippen LogP contribution in [0.1, 0.15) is 15.2 Å². The Morgan fingerprint density at radius 1 is 1.08 bits per heavy atom. The molecule has 5 nitrogen and oxygen atoms in total. The Balaban J connectivity index is 1.91. The highest BCUT2D eigenvalue weighted by atomic mass is 32.1. The normalized spacial score (nSPS) is 10.4. The van der Waals surface area contributed by atoms with Crippen molar-refractivity contribution >= 4 is 28.3 Å². The van der Waals surface area contributed by atoms with Gasteiger partial charge in [-0.15, -0.1) is 11.3 Å². The molecule has 0 saturated carbocycles. The number of nitrogens with zero attached hydrogens (tertiary/aromatic N) is 1. The van der Waals surface area contributed by atoms with E-state index in [1.807, 2.05) is 0 Å². The molecule has 3 aromatic rings. The summed E-state index contributed by atoms with van der Waals surface area (Å²) < 4.78 is 13.1. The van der Waals surface area contributed by atoms with E-state index in [1.54, 1.807) is 30.3 Å². The van der Waals surface area contributed by atoms with Gasteiger partial charge in [-0.2, -0.15) is 0 Å². The summed E-state index contributed by atoms with van der Waals surface area (Å²) in [5.41, 5.74) is 1.49. The molecule has 2 aromatic carbocycles. The monoisotopic (exact) mass is 356 g/mol. The molecule has 0 radical (unpaired) electrons. The second kappa shape index (κ2) is 7.23. The van der Waals surface area contributed by atoms with Gasteiger partial charge in [0.25, 0.3) is 5.91 Å². The SMILES string of the molecule is O=C(O)Cc1sc(NC(=O)c2ccccc2)nc1-c1ccc(F)cc1. The fraction of sp³-hybridized carbons (Fsp3) is 0.0556. The molecule has 3 rings (SSSR count). The highest BCUT2D eigenvalue weighted by molar-refractivity contribution is 7.16. The quantitative estimate of drug-likeness (QED) is 0.728. The fourth-order valence-electron chi connectivity index (χ4n) is 2.25. The number of carboxylic acids is 1. The highest BCUT2D eigenvalue weighted by Gasteiger charge is 2.17. The lowest BCUT2D eigenvalue weighted by atomic mass is 10.1. The number of amides is 1. The maximum Gasteiger partial charge on any atom is 0.308 e. The van der Waals surface area contributed by atoms with Crippen LogP contribution in [0.2, 0.25) is 0 Å². The molecule has 0 bridgehead atoms. The van der Waals surface area contributed by atoms with Crippen LogP contribution in [0.25, 0.3) is 11.3 Å². The number of rotatable bonds is 5. The van der Waals surface area contributed by atoms with Crippen molar-refractivity contribution in [1.82, 2.24) is 4.98 Å². The third-order valence-electron chi connectivity index (χ3n) is 3.38. The average Bonchev–Trinajstić information content (AvgIpc) is 2.98. The van der Waals surface area contributed by atoms with Crippen molar-refractivity contribution in [3.8, 4) is 11.3 Å². The first-order valence-electron chi connectivity index (χ1n) is 7.37. The highest BCUT2D eigenvalue weighted by Crippen LogP contribution is 2.32. The molecule has 0 aliphatic rings. The predicted molar refractivity (Wildman–Crippen MR) is 93.2 cm³/mol. The smallest absolute Gasteiger partial charge is 0.308 e. The van der Waals surface area contributed by atoms with Gasteiger partial charge in [0.2, 0.25) is 0 Å². The molecule has 126 valence electrons. The molecular formula is C18H13FN2O3S. The van der Waals surface area contributed by atoms with Crippen LogP contribution in [0.15, 0.2) is 54.6 Å². The topological polar surface area (TPSA) is 79.3 Å². The molecule has 0 saturated heterocycles. The molecule has 0 spiro atoms. The second-order valence-corrected chi connectivity index (χ2v) is 6.27. The summed E-state index contributed by atoms with van der Waals surface area (Å²) in [6.07, 6.45) is -0.231. The van der Waals surface area contributed by atoms with Crippen molar-refractivity contribution in [2.24, 2.45) is 0 Å². The summed E-state index contributed by atoms with van der Waals surface area (Å²) in [6.45, 7) is 0. The van der Waals surface area contributed by atoms with Crippen LogP contribution in [0, 0.1) is 5.82 Å². The van der Waals surface area contributed by atoms with Crippen LogP contribution in [-0.2, 0) is 11.2 Å². The summed E-state index contributed by atoms with van der Waals surface area (Å²) in [7, 11) is 0. The Hall–Kier alpha value is -3.06. The zero-order chi connectivity index (χ0) is 17.8. The number of aromatic nitrogens is 1. The maximum atomic E-state index is 13.1. The number of hydrogen-bond acceptors (Lipinski definition) is 4. The van der Waals surface area contributed by atoms with E-state index in [0.717, 1.165) is 11.3 Å². The van der Waals surface area contributed by atoms with Crippen LogP contribution in [0.4, 0.5) is 9.52 Å². The summed E-state index contributed by atoms with van der Waals surface area (Å²) in [5, 5.41) is 12.1. The minimum atomic E-state index is -1.01. The first-order chi connectivity index (χ1) is 12.0. The fourth-order valence-corrected chi connectivity index (χ4v) is 3.22. The van der Waals surface area contributed by atoms with Crippen LogP contribution in [-0.4, -0.2) is 22.0 Å². The van der Waals surface area contributed by atoms with Crippen molar-refractivity contribution in [1.29, 1.82) is 0 Å². The molecule has 1 heterocycles. The first-order valence-corrected chi connectivity index (χ1v) is 8.18. The second-order valence-electron chi connectivity index (χ2n) is 5.19. The molecule has 0 fully saturated rings. The summed E-state index contributed by atoms with van der Waals surface area (Å²) in [4.78, 5) is 28.1. The standard InChI is InChI=1S/C18H13FN2O3S/c19-13-8-6-11(7-9-13)16-14(10-15(22)23)25-18(20-16)21-17(24)12-4-2-1-3-5-12/h1-9H,10H2,(H,22,23)(H,20,21,24). The maximum absolute atomic E-state index is 13.1. The lowest BCUT2D eigenvalue weighted by Gasteiger charge is -2.01. The van der Waals surface area contributed by atoms with Gasteiger partial charge in [0.15, 0.2) is 5.13 Å². The Morgan fingerprint density at radius 3 is 2.40 bits per heavy atom. The molecular weight excluding hydrogens is 343 g/mol. The predicted octanol–water partition coefficient (Wildman–Crippen LogP) is 3.83. The molecule has 0 atom stereocenters. The van der Waals surface area contributed by atoms with Gasteiger partial charge in [-0.05, 0) is 36.4 Å². The van der Waals surface area contributed by atoms with E-state index >= 15 is 0 Å². The zero-order valence-corrected chi connectivity index (χ0v) is 13.7. The lowest BCUT2D eigenvalue weighted by molar-refractivity contribution is -0.136. The average molecular weight is 356 g/mol. The number of benzene rings is 2. The molecule has 0 aliphatic carbocycles. The zero-order valence-electron chi connectivity index (χ0n) is 12.9. The summed E-state index contributed by atoms with van der Waals surface area (Å²) in [5.74, 6) is -1.73. The van der Waals surface area contributed by atoms with E-state index in [2.05, 4.69) is 10.3 Å². The Morgan fingerprint density at radius 2 is 1.76 bits per heavy atom. The summed E-state index contributed by atoms with van der Waals surface area (Å²) >= 11 is 1.09.